The van der Waals surface area contributed by atoms with Crippen molar-refractivity contribution >= 4 is 15.9 Å². The summed E-state index contributed by atoms with van der Waals surface area (Å²) in [6.07, 6.45) is 15.9. The molecule has 0 aliphatic rings. The predicted octanol–water partition coefficient (Wildman–Crippen LogP) is 9.65. The van der Waals surface area contributed by atoms with Gasteiger partial charge in [-0.05, 0) is 30.0 Å². The van der Waals surface area contributed by atoms with Gasteiger partial charge in [0.1, 0.15) is 0 Å². The highest BCUT2D eigenvalue weighted by molar-refractivity contribution is 7.86. The molecule has 3 rings (SSSR count). The molecule has 0 saturated carbocycles. The molecule has 0 amide bonds. The van der Waals surface area contributed by atoms with Crippen molar-refractivity contribution in [1.82, 2.24) is 0 Å². The molecule has 0 spiro atoms. The van der Waals surface area contributed by atoms with E-state index in [9.17, 15) is 13.2 Å². The van der Waals surface area contributed by atoms with Crippen LogP contribution in [-0.4, -0.2) is 14.2 Å². The van der Waals surface area contributed by atoms with Gasteiger partial charge in [-0.2, -0.15) is 8.42 Å². The molecule has 0 heterocycles. The van der Waals surface area contributed by atoms with Gasteiger partial charge in [0.15, 0.2) is 11.9 Å². The van der Waals surface area contributed by atoms with Crippen LogP contribution in [0.15, 0.2) is 89.8 Å². The number of aryl methyl sites for hydroxylation is 1. The quantitative estimate of drug-likeness (QED) is 0.0781. The number of carbonyl (C=O) groups excluding carboxylic acids is 1. The van der Waals surface area contributed by atoms with E-state index in [2.05, 4.69) is 6.92 Å². The molecule has 4 nitrogen and oxygen atoms in total. The number of ketones is 1. The van der Waals surface area contributed by atoms with Gasteiger partial charge in [-0.15, -0.1) is 0 Å². The third-order valence-electron chi connectivity index (χ3n) is 7.41. The van der Waals surface area contributed by atoms with Crippen LogP contribution in [0.1, 0.15) is 118 Å². The average Bonchev–Trinajstić information content (AvgIpc) is 2.99. The first-order valence-corrected chi connectivity index (χ1v) is 16.6. The smallest absolute Gasteiger partial charge is 0.291 e. The van der Waals surface area contributed by atoms with Crippen LogP contribution in [0.2, 0.25) is 0 Å². The molecule has 0 aromatic heterocycles. The Morgan fingerprint density at radius 3 is 1.68 bits per heavy atom. The van der Waals surface area contributed by atoms with Crippen LogP contribution in [0.5, 0.6) is 0 Å². The highest BCUT2D eigenvalue weighted by Gasteiger charge is 2.31. The maximum absolute atomic E-state index is 13.5. The molecule has 3 aromatic rings. The van der Waals surface area contributed by atoms with E-state index in [0.29, 0.717) is 17.5 Å². The van der Waals surface area contributed by atoms with Crippen molar-refractivity contribution in [2.45, 2.75) is 108 Å². The van der Waals surface area contributed by atoms with Crippen molar-refractivity contribution in [3.8, 4) is 0 Å². The van der Waals surface area contributed by atoms with E-state index in [1.807, 2.05) is 24.3 Å². The molecule has 0 aliphatic carbocycles. The summed E-state index contributed by atoms with van der Waals surface area (Å²) in [5.74, 6) is -0.385. The second kappa shape index (κ2) is 17.8. The van der Waals surface area contributed by atoms with Crippen LogP contribution in [0.25, 0.3) is 0 Å². The summed E-state index contributed by atoms with van der Waals surface area (Å²) in [6, 6.07) is 24.5. The lowest BCUT2D eigenvalue weighted by Gasteiger charge is -2.18. The van der Waals surface area contributed by atoms with Crippen molar-refractivity contribution in [2.75, 3.05) is 0 Å². The monoisotopic (exact) mass is 562 g/mol. The summed E-state index contributed by atoms with van der Waals surface area (Å²) in [7, 11) is -4.18. The highest BCUT2D eigenvalue weighted by atomic mass is 32.2. The molecule has 0 fully saturated rings. The average molecular weight is 563 g/mol. The van der Waals surface area contributed by atoms with Crippen molar-refractivity contribution in [3.63, 3.8) is 0 Å². The number of carbonyl (C=O) groups is 1. The molecular formula is C35H46O4S. The SMILES string of the molecule is CCCCCCCCCCCCCCCc1ccccc1S(=O)(=O)OC(C(=O)c1ccccc1)c1ccccc1. The Balaban J connectivity index is 1.52. The second-order valence-corrected chi connectivity index (χ2v) is 12.2. The molecule has 0 N–H and O–H groups in total. The van der Waals surface area contributed by atoms with Gasteiger partial charge >= 0.3 is 0 Å². The Hall–Kier alpha value is -2.76. The Morgan fingerprint density at radius 1 is 0.625 bits per heavy atom. The van der Waals surface area contributed by atoms with Crippen LogP contribution in [0.4, 0.5) is 0 Å². The van der Waals surface area contributed by atoms with E-state index in [0.717, 1.165) is 18.4 Å². The van der Waals surface area contributed by atoms with Gasteiger partial charge in [-0.3, -0.25) is 4.79 Å². The lowest BCUT2D eigenvalue weighted by atomic mass is 10.0. The van der Waals surface area contributed by atoms with Gasteiger partial charge in [0.2, 0.25) is 0 Å². The van der Waals surface area contributed by atoms with Gasteiger partial charge in [0, 0.05) is 5.56 Å². The summed E-state index contributed by atoms with van der Waals surface area (Å²) in [5.41, 5.74) is 1.66. The first-order valence-electron chi connectivity index (χ1n) is 15.2. The fraction of sp³-hybridized carbons (Fsp3) is 0.457. The van der Waals surface area contributed by atoms with Crippen LogP contribution >= 0.6 is 0 Å². The molecule has 0 radical (unpaired) electrons. The molecule has 0 saturated heterocycles. The number of Topliss-reactive ketones (excluding diaryl/α,β-unsaturated/α-hetero) is 1. The summed E-state index contributed by atoms with van der Waals surface area (Å²) >= 11 is 0. The van der Waals surface area contributed by atoms with Crippen LogP contribution < -0.4 is 0 Å². The van der Waals surface area contributed by atoms with Crippen LogP contribution in [0, 0.1) is 0 Å². The van der Waals surface area contributed by atoms with E-state index in [4.69, 9.17) is 4.18 Å². The van der Waals surface area contributed by atoms with Crippen LogP contribution in [-0.2, 0) is 20.7 Å². The fourth-order valence-corrected chi connectivity index (χ4v) is 6.39. The van der Waals surface area contributed by atoms with E-state index in [1.165, 1.54) is 70.6 Å². The zero-order valence-corrected chi connectivity index (χ0v) is 24.9. The largest absolute Gasteiger partial charge is 0.298 e. The van der Waals surface area contributed by atoms with Gasteiger partial charge in [-0.1, -0.05) is 163 Å². The Kier molecular flexibility index (Phi) is 14.2. The first-order chi connectivity index (χ1) is 19.5. The molecule has 5 heteroatoms. The van der Waals surface area contributed by atoms with Crippen molar-refractivity contribution in [1.29, 1.82) is 0 Å². The zero-order chi connectivity index (χ0) is 28.5. The molecule has 0 aliphatic heterocycles. The van der Waals surface area contributed by atoms with Gasteiger partial charge in [0.25, 0.3) is 10.1 Å². The lowest BCUT2D eigenvalue weighted by molar-refractivity contribution is 0.0801. The van der Waals surface area contributed by atoms with E-state index in [-0.39, 0.29) is 10.7 Å². The summed E-state index contributed by atoms with van der Waals surface area (Å²) in [4.78, 5) is 13.5. The molecule has 0 bridgehead atoms. The Bertz CT molecular complexity index is 1220. The van der Waals surface area contributed by atoms with E-state index < -0.39 is 16.2 Å². The number of hydrogen-bond donors (Lipinski definition) is 0. The predicted molar refractivity (Wildman–Crippen MR) is 164 cm³/mol. The molecule has 1 atom stereocenters. The maximum atomic E-state index is 13.5. The van der Waals surface area contributed by atoms with Crippen molar-refractivity contribution < 1.29 is 17.4 Å². The van der Waals surface area contributed by atoms with Crippen molar-refractivity contribution in [3.05, 3.63) is 102 Å². The summed E-state index contributed by atoms with van der Waals surface area (Å²) in [6.45, 7) is 2.26. The number of hydrogen-bond acceptors (Lipinski definition) is 4. The highest BCUT2D eigenvalue weighted by Crippen LogP contribution is 2.29. The van der Waals surface area contributed by atoms with E-state index in [1.54, 1.807) is 60.7 Å². The number of benzene rings is 3. The fourth-order valence-electron chi connectivity index (χ4n) is 5.10. The number of unbranched alkanes of at least 4 members (excludes halogenated alkanes) is 12. The molecule has 40 heavy (non-hydrogen) atoms. The Labute approximate surface area is 242 Å². The normalized spacial score (nSPS) is 12.3. The molecule has 1 unspecified atom stereocenters. The second-order valence-electron chi connectivity index (χ2n) is 10.7. The summed E-state index contributed by atoms with van der Waals surface area (Å²) < 4.78 is 32.8. The lowest BCUT2D eigenvalue weighted by Crippen LogP contribution is -2.21. The van der Waals surface area contributed by atoms with Crippen LogP contribution in [0.3, 0.4) is 0 Å². The minimum atomic E-state index is -4.18. The minimum absolute atomic E-state index is 0.149. The third-order valence-corrected chi connectivity index (χ3v) is 8.80. The topological polar surface area (TPSA) is 60.4 Å². The van der Waals surface area contributed by atoms with E-state index >= 15 is 0 Å². The minimum Gasteiger partial charge on any atom is -0.291 e. The standard InChI is InChI=1S/C35H46O4S/c1-2-3-4-5-6-7-8-9-10-11-12-13-16-23-30-24-21-22-29-33(30)40(37,38)39-35(32-27-19-15-20-28-32)34(36)31-25-17-14-18-26-31/h14-15,17-22,24-29,35H,2-13,16,23H2,1H3. The molecular weight excluding hydrogens is 516 g/mol. The summed E-state index contributed by atoms with van der Waals surface area (Å²) in [5, 5.41) is 0. The molecule has 216 valence electrons. The Morgan fingerprint density at radius 2 is 1.10 bits per heavy atom. The van der Waals surface area contributed by atoms with Gasteiger partial charge in [-0.25, -0.2) is 4.18 Å². The number of rotatable bonds is 20. The molecule has 3 aromatic carbocycles. The van der Waals surface area contributed by atoms with Gasteiger partial charge < -0.3 is 0 Å². The maximum Gasteiger partial charge on any atom is 0.298 e. The first kappa shape index (κ1) is 31.8. The van der Waals surface area contributed by atoms with Gasteiger partial charge in [0.05, 0.1) is 4.90 Å². The zero-order valence-electron chi connectivity index (χ0n) is 24.1. The van der Waals surface area contributed by atoms with Crippen molar-refractivity contribution in [2.24, 2.45) is 0 Å². The third kappa shape index (κ3) is 10.7.